The molecule has 2 heterocycles. The molecule has 1 aliphatic rings. The van der Waals surface area contributed by atoms with Gasteiger partial charge < -0.3 is 20.1 Å². The van der Waals surface area contributed by atoms with Gasteiger partial charge in [0.15, 0.2) is 0 Å². The van der Waals surface area contributed by atoms with Crippen LogP contribution in [0.2, 0.25) is 0 Å². The molecule has 0 saturated carbocycles. The normalized spacial score (nSPS) is 16.9. The number of aromatic nitrogens is 4. The van der Waals surface area contributed by atoms with E-state index in [9.17, 15) is 9.90 Å². The molecule has 1 aliphatic heterocycles. The molecular weight excluding hydrogens is 348 g/mol. The summed E-state index contributed by atoms with van der Waals surface area (Å²) in [6.07, 6.45) is 0. The fourth-order valence-corrected chi connectivity index (χ4v) is 2.92. The lowest BCUT2D eigenvalue weighted by atomic mass is 10.2. The van der Waals surface area contributed by atoms with E-state index in [4.69, 9.17) is 4.74 Å². The Morgan fingerprint density at radius 2 is 1.85 bits per heavy atom. The smallest absolute Gasteiger partial charge is 0.322 e. The zero-order chi connectivity index (χ0) is 18.6. The molecule has 2 N–H and O–H groups in total. The second-order valence-corrected chi connectivity index (χ2v) is 6.09. The van der Waals surface area contributed by atoms with E-state index < -0.39 is 12.0 Å². The highest BCUT2D eigenvalue weighted by molar-refractivity contribution is 5.74. The van der Waals surface area contributed by atoms with Gasteiger partial charge in [-0.15, -0.1) is 0 Å². The minimum Gasteiger partial charge on any atom is -0.480 e. The SMILES string of the molecule is O=C(O)[C@@H]1CN(c2nnnn2-c2ccc(Oc3ccccc3)cc2)CCN1. The van der Waals surface area contributed by atoms with Gasteiger partial charge in [-0.3, -0.25) is 4.79 Å². The first-order valence-electron chi connectivity index (χ1n) is 8.53. The maximum absolute atomic E-state index is 11.3. The summed E-state index contributed by atoms with van der Waals surface area (Å²) in [5.41, 5.74) is 0.765. The van der Waals surface area contributed by atoms with Gasteiger partial charge >= 0.3 is 5.97 Å². The summed E-state index contributed by atoms with van der Waals surface area (Å²) in [4.78, 5) is 13.1. The van der Waals surface area contributed by atoms with Crippen LogP contribution in [0.3, 0.4) is 0 Å². The number of para-hydroxylation sites is 1. The summed E-state index contributed by atoms with van der Waals surface area (Å²) < 4.78 is 7.39. The summed E-state index contributed by atoms with van der Waals surface area (Å²) in [7, 11) is 0. The number of hydrogen-bond donors (Lipinski definition) is 2. The van der Waals surface area contributed by atoms with Gasteiger partial charge in [0.25, 0.3) is 0 Å². The largest absolute Gasteiger partial charge is 0.480 e. The molecule has 9 nitrogen and oxygen atoms in total. The molecule has 3 aromatic rings. The summed E-state index contributed by atoms with van der Waals surface area (Å²) in [5.74, 6) is 1.09. The second kappa shape index (κ2) is 7.42. The Balaban J connectivity index is 1.53. The first-order valence-corrected chi connectivity index (χ1v) is 8.53. The van der Waals surface area contributed by atoms with E-state index in [0.717, 1.165) is 11.4 Å². The molecule has 0 spiro atoms. The van der Waals surface area contributed by atoms with Gasteiger partial charge in [-0.2, -0.15) is 4.68 Å². The van der Waals surface area contributed by atoms with Crippen molar-refractivity contribution in [2.24, 2.45) is 0 Å². The molecule has 1 atom stereocenters. The molecule has 1 saturated heterocycles. The number of rotatable bonds is 5. The van der Waals surface area contributed by atoms with Crippen molar-refractivity contribution < 1.29 is 14.6 Å². The highest BCUT2D eigenvalue weighted by atomic mass is 16.5. The van der Waals surface area contributed by atoms with Crippen LogP contribution in [0.4, 0.5) is 5.95 Å². The van der Waals surface area contributed by atoms with Crippen LogP contribution in [0.1, 0.15) is 0 Å². The Hall–Kier alpha value is -3.46. The molecule has 0 bridgehead atoms. The molecule has 0 amide bonds. The lowest BCUT2D eigenvalue weighted by molar-refractivity contribution is -0.139. The van der Waals surface area contributed by atoms with Gasteiger partial charge in [-0.25, -0.2) is 0 Å². The summed E-state index contributed by atoms with van der Waals surface area (Å²) in [6, 6.07) is 16.3. The van der Waals surface area contributed by atoms with Crippen molar-refractivity contribution in [3.8, 4) is 17.2 Å². The number of nitrogens with one attached hydrogen (secondary N) is 1. The molecule has 1 fully saturated rings. The highest BCUT2D eigenvalue weighted by Crippen LogP contribution is 2.23. The number of tetrazole rings is 1. The van der Waals surface area contributed by atoms with E-state index in [2.05, 4.69) is 20.8 Å². The number of benzene rings is 2. The molecule has 0 radical (unpaired) electrons. The fraction of sp³-hybridized carbons (Fsp3) is 0.222. The average Bonchev–Trinajstić information content (AvgIpc) is 3.19. The standard InChI is InChI=1S/C18H18N6O3/c25-17(26)16-12-23(11-10-19-16)18-20-21-22-24(18)13-6-8-15(9-7-13)27-14-4-2-1-3-5-14/h1-9,16,19H,10-12H2,(H,25,26)/t16-/m0/s1. The van der Waals surface area contributed by atoms with Crippen molar-refractivity contribution in [2.75, 3.05) is 24.5 Å². The topological polar surface area (TPSA) is 105 Å². The summed E-state index contributed by atoms with van der Waals surface area (Å²) >= 11 is 0. The quantitative estimate of drug-likeness (QED) is 0.696. The van der Waals surface area contributed by atoms with E-state index in [1.807, 2.05) is 59.5 Å². The first kappa shape index (κ1) is 17.0. The van der Waals surface area contributed by atoms with Crippen LogP contribution in [0.5, 0.6) is 11.5 Å². The Labute approximate surface area is 155 Å². The number of aliphatic carboxylic acids is 1. The second-order valence-electron chi connectivity index (χ2n) is 6.09. The number of ether oxygens (including phenoxy) is 1. The zero-order valence-electron chi connectivity index (χ0n) is 14.4. The number of hydrogen-bond acceptors (Lipinski definition) is 7. The predicted octanol–water partition coefficient (Wildman–Crippen LogP) is 1.32. The number of anilines is 1. The molecule has 0 aliphatic carbocycles. The van der Waals surface area contributed by atoms with Crippen LogP contribution in [-0.4, -0.2) is 57.0 Å². The van der Waals surface area contributed by atoms with Crippen LogP contribution < -0.4 is 15.0 Å². The lowest BCUT2D eigenvalue weighted by Gasteiger charge is -2.31. The van der Waals surface area contributed by atoms with E-state index in [-0.39, 0.29) is 0 Å². The van der Waals surface area contributed by atoms with Gasteiger partial charge in [0.2, 0.25) is 5.95 Å². The van der Waals surface area contributed by atoms with E-state index in [0.29, 0.717) is 31.3 Å². The van der Waals surface area contributed by atoms with Crippen molar-refractivity contribution >= 4 is 11.9 Å². The maximum atomic E-state index is 11.3. The van der Waals surface area contributed by atoms with Crippen molar-refractivity contribution in [1.82, 2.24) is 25.5 Å². The Kier molecular flexibility index (Phi) is 4.67. The third kappa shape index (κ3) is 3.72. The fourth-order valence-electron chi connectivity index (χ4n) is 2.92. The monoisotopic (exact) mass is 366 g/mol. The van der Waals surface area contributed by atoms with Crippen LogP contribution in [-0.2, 0) is 4.79 Å². The first-order chi connectivity index (χ1) is 13.2. The molecule has 2 aromatic carbocycles. The summed E-state index contributed by atoms with van der Waals surface area (Å²) in [6.45, 7) is 1.47. The van der Waals surface area contributed by atoms with Crippen molar-refractivity contribution in [3.63, 3.8) is 0 Å². The van der Waals surface area contributed by atoms with Gasteiger partial charge in [-0.05, 0) is 46.8 Å². The third-order valence-electron chi connectivity index (χ3n) is 4.27. The molecule has 1 aromatic heterocycles. The minimum absolute atomic E-state index is 0.297. The van der Waals surface area contributed by atoms with Crippen molar-refractivity contribution in [3.05, 3.63) is 54.6 Å². The van der Waals surface area contributed by atoms with Gasteiger partial charge in [0.05, 0.1) is 5.69 Å². The van der Waals surface area contributed by atoms with Crippen LogP contribution in [0.25, 0.3) is 5.69 Å². The number of carboxylic acids is 1. The lowest BCUT2D eigenvalue weighted by Crippen LogP contribution is -2.54. The molecule has 9 heteroatoms. The molecule has 27 heavy (non-hydrogen) atoms. The van der Waals surface area contributed by atoms with Crippen LogP contribution >= 0.6 is 0 Å². The Bertz CT molecular complexity index is 912. The van der Waals surface area contributed by atoms with Crippen LogP contribution in [0, 0.1) is 0 Å². The number of carboxylic acid groups (broad SMARTS) is 1. The van der Waals surface area contributed by atoms with E-state index in [1.165, 1.54) is 0 Å². The van der Waals surface area contributed by atoms with E-state index in [1.54, 1.807) is 4.68 Å². The number of carbonyl (C=O) groups is 1. The molecule has 0 unspecified atom stereocenters. The summed E-state index contributed by atoms with van der Waals surface area (Å²) in [5, 5.41) is 24.1. The predicted molar refractivity (Wildman–Crippen MR) is 97.3 cm³/mol. The minimum atomic E-state index is -0.888. The number of piperazine rings is 1. The van der Waals surface area contributed by atoms with Crippen molar-refractivity contribution in [1.29, 1.82) is 0 Å². The van der Waals surface area contributed by atoms with Crippen LogP contribution in [0.15, 0.2) is 54.6 Å². The zero-order valence-corrected chi connectivity index (χ0v) is 14.4. The van der Waals surface area contributed by atoms with Crippen molar-refractivity contribution in [2.45, 2.75) is 6.04 Å². The van der Waals surface area contributed by atoms with Gasteiger partial charge in [0, 0.05) is 19.6 Å². The third-order valence-corrected chi connectivity index (χ3v) is 4.27. The number of nitrogens with zero attached hydrogens (tertiary/aromatic N) is 5. The average molecular weight is 366 g/mol. The van der Waals surface area contributed by atoms with Gasteiger partial charge in [-0.1, -0.05) is 23.3 Å². The maximum Gasteiger partial charge on any atom is 0.322 e. The highest BCUT2D eigenvalue weighted by Gasteiger charge is 2.28. The Morgan fingerprint density at radius 3 is 2.59 bits per heavy atom. The molecule has 4 rings (SSSR count). The molecule has 138 valence electrons. The van der Waals surface area contributed by atoms with E-state index >= 15 is 0 Å². The molecular formula is C18H18N6O3. The van der Waals surface area contributed by atoms with Gasteiger partial charge in [0.1, 0.15) is 17.5 Å². The Morgan fingerprint density at radius 1 is 1.11 bits per heavy atom.